The van der Waals surface area contributed by atoms with E-state index in [4.69, 9.17) is 0 Å². The number of piperazine rings is 1. The number of fused-ring (bicyclic) bond motifs is 1. The van der Waals surface area contributed by atoms with Crippen molar-refractivity contribution in [1.82, 2.24) is 19.6 Å². The van der Waals surface area contributed by atoms with Crippen molar-refractivity contribution in [1.29, 1.82) is 0 Å². The molecule has 2 aliphatic rings. The van der Waals surface area contributed by atoms with E-state index in [0.717, 1.165) is 36.6 Å². The van der Waals surface area contributed by atoms with Crippen molar-refractivity contribution in [3.05, 3.63) is 23.5 Å². The van der Waals surface area contributed by atoms with Gasteiger partial charge in [0, 0.05) is 50.0 Å². The Kier molecular flexibility index (Phi) is 2.64. The SMILES string of the molecule is c1cn2cc(CN3CCNC(C4CC4)C3)nc2s1. The van der Waals surface area contributed by atoms with E-state index in [0.29, 0.717) is 0 Å². The largest absolute Gasteiger partial charge is 0.311 e. The molecule has 1 aliphatic heterocycles. The molecule has 0 radical (unpaired) electrons. The second-order valence-electron chi connectivity index (χ2n) is 5.46. The number of rotatable bonds is 3. The van der Waals surface area contributed by atoms with E-state index < -0.39 is 0 Å². The summed E-state index contributed by atoms with van der Waals surface area (Å²) in [6.07, 6.45) is 7.10. The average molecular weight is 262 g/mol. The van der Waals surface area contributed by atoms with Crippen LogP contribution >= 0.6 is 11.3 Å². The first-order valence-corrected chi connectivity index (χ1v) is 7.63. The van der Waals surface area contributed by atoms with Gasteiger partial charge in [-0.1, -0.05) is 0 Å². The van der Waals surface area contributed by atoms with Crippen molar-refractivity contribution < 1.29 is 0 Å². The van der Waals surface area contributed by atoms with Crippen LogP contribution < -0.4 is 5.32 Å². The fraction of sp³-hybridized carbons (Fsp3) is 0.615. The van der Waals surface area contributed by atoms with Crippen LogP contribution in [0, 0.1) is 5.92 Å². The summed E-state index contributed by atoms with van der Waals surface area (Å²) in [4.78, 5) is 8.33. The van der Waals surface area contributed by atoms with Gasteiger partial charge < -0.3 is 5.32 Å². The lowest BCUT2D eigenvalue weighted by Gasteiger charge is -2.33. The number of nitrogens with one attached hydrogen (secondary N) is 1. The highest BCUT2D eigenvalue weighted by Gasteiger charge is 2.33. The highest BCUT2D eigenvalue weighted by atomic mass is 32.1. The number of nitrogens with zero attached hydrogens (tertiary/aromatic N) is 3. The van der Waals surface area contributed by atoms with Crippen LogP contribution in [0.5, 0.6) is 0 Å². The molecule has 1 aliphatic carbocycles. The maximum Gasteiger partial charge on any atom is 0.193 e. The smallest absolute Gasteiger partial charge is 0.193 e. The Bertz CT molecular complexity index is 513. The molecule has 0 aromatic carbocycles. The molecule has 0 spiro atoms. The Balaban J connectivity index is 1.45. The van der Waals surface area contributed by atoms with Gasteiger partial charge in [-0.25, -0.2) is 4.98 Å². The summed E-state index contributed by atoms with van der Waals surface area (Å²) in [7, 11) is 0. The van der Waals surface area contributed by atoms with E-state index in [1.54, 1.807) is 11.3 Å². The van der Waals surface area contributed by atoms with Gasteiger partial charge in [-0.2, -0.15) is 0 Å². The molecule has 18 heavy (non-hydrogen) atoms. The minimum Gasteiger partial charge on any atom is -0.311 e. The first kappa shape index (κ1) is 11.0. The molecule has 2 aromatic rings. The Morgan fingerprint density at radius 2 is 2.39 bits per heavy atom. The van der Waals surface area contributed by atoms with Crippen LogP contribution in [0.2, 0.25) is 0 Å². The molecule has 0 amide bonds. The first-order chi connectivity index (χ1) is 8.88. The van der Waals surface area contributed by atoms with Crippen LogP contribution in [0.25, 0.3) is 4.96 Å². The third-order valence-electron chi connectivity index (χ3n) is 4.01. The normalized spacial score (nSPS) is 25.9. The third kappa shape index (κ3) is 2.06. The lowest BCUT2D eigenvalue weighted by atomic mass is 10.1. The van der Waals surface area contributed by atoms with Crippen molar-refractivity contribution in [2.45, 2.75) is 25.4 Å². The standard InChI is InChI=1S/C13H18N4S/c1-2-10(1)12-9-16(4-3-14-12)7-11-8-17-5-6-18-13(17)15-11/h5-6,8,10,12,14H,1-4,7,9H2. The first-order valence-electron chi connectivity index (χ1n) is 6.75. The second-order valence-corrected chi connectivity index (χ2v) is 6.33. The molecule has 1 unspecified atom stereocenters. The van der Waals surface area contributed by atoms with E-state index in [1.165, 1.54) is 25.1 Å². The zero-order valence-corrected chi connectivity index (χ0v) is 11.2. The molecule has 0 bridgehead atoms. The zero-order chi connectivity index (χ0) is 11.9. The fourth-order valence-electron chi connectivity index (χ4n) is 2.88. The summed E-state index contributed by atoms with van der Waals surface area (Å²) in [5.41, 5.74) is 1.21. The van der Waals surface area contributed by atoms with Crippen LogP contribution in [0.1, 0.15) is 18.5 Å². The van der Waals surface area contributed by atoms with Crippen LogP contribution in [-0.2, 0) is 6.54 Å². The van der Waals surface area contributed by atoms with Gasteiger partial charge in [0.25, 0.3) is 0 Å². The van der Waals surface area contributed by atoms with Gasteiger partial charge in [0.05, 0.1) is 5.69 Å². The lowest BCUT2D eigenvalue weighted by molar-refractivity contribution is 0.180. The molecule has 1 N–H and O–H groups in total. The fourth-order valence-corrected chi connectivity index (χ4v) is 3.60. The molecular formula is C13H18N4S. The molecule has 2 fully saturated rings. The Labute approximate surface area is 111 Å². The Hall–Kier alpha value is -0.910. The molecule has 1 atom stereocenters. The average Bonchev–Trinajstić information content (AvgIpc) is 3.03. The summed E-state index contributed by atoms with van der Waals surface area (Å²) in [6, 6.07) is 0.725. The number of hydrogen-bond acceptors (Lipinski definition) is 4. The molecule has 5 heteroatoms. The van der Waals surface area contributed by atoms with E-state index in [2.05, 4.69) is 37.4 Å². The zero-order valence-electron chi connectivity index (χ0n) is 10.4. The molecule has 2 aromatic heterocycles. The molecule has 4 nitrogen and oxygen atoms in total. The monoisotopic (exact) mass is 262 g/mol. The van der Waals surface area contributed by atoms with Gasteiger partial charge in [0.15, 0.2) is 4.96 Å². The predicted molar refractivity (Wildman–Crippen MR) is 72.9 cm³/mol. The molecule has 1 saturated carbocycles. The molecule has 4 rings (SSSR count). The van der Waals surface area contributed by atoms with Crippen molar-refractivity contribution in [3.63, 3.8) is 0 Å². The van der Waals surface area contributed by atoms with Gasteiger partial charge in [-0.15, -0.1) is 11.3 Å². The van der Waals surface area contributed by atoms with Crippen LogP contribution in [0.15, 0.2) is 17.8 Å². The van der Waals surface area contributed by atoms with E-state index in [1.807, 2.05) is 0 Å². The van der Waals surface area contributed by atoms with Crippen LogP contribution in [0.4, 0.5) is 0 Å². The quantitative estimate of drug-likeness (QED) is 0.911. The van der Waals surface area contributed by atoms with E-state index in [-0.39, 0.29) is 0 Å². The second kappa shape index (κ2) is 4.33. The van der Waals surface area contributed by atoms with Gasteiger partial charge in [-0.05, 0) is 18.8 Å². The molecule has 1 saturated heterocycles. The maximum atomic E-state index is 4.67. The lowest BCUT2D eigenvalue weighted by Crippen LogP contribution is -2.51. The molecule has 3 heterocycles. The third-order valence-corrected chi connectivity index (χ3v) is 4.78. The minimum atomic E-state index is 0.725. The van der Waals surface area contributed by atoms with Crippen molar-refractivity contribution in [2.75, 3.05) is 19.6 Å². The number of hydrogen-bond donors (Lipinski definition) is 1. The van der Waals surface area contributed by atoms with Crippen molar-refractivity contribution in [2.24, 2.45) is 5.92 Å². The van der Waals surface area contributed by atoms with E-state index >= 15 is 0 Å². The molecular weight excluding hydrogens is 244 g/mol. The highest BCUT2D eigenvalue weighted by molar-refractivity contribution is 7.15. The summed E-state index contributed by atoms with van der Waals surface area (Å²) in [5, 5.41) is 5.74. The van der Waals surface area contributed by atoms with Crippen LogP contribution in [0.3, 0.4) is 0 Å². The van der Waals surface area contributed by atoms with Gasteiger partial charge in [0.1, 0.15) is 0 Å². The highest BCUT2D eigenvalue weighted by Crippen LogP contribution is 2.33. The summed E-state index contributed by atoms with van der Waals surface area (Å²) < 4.78 is 2.13. The van der Waals surface area contributed by atoms with Crippen molar-refractivity contribution in [3.8, 4) is 0 Å². The number of imidazole rings is 1. The van der Waals surface area contributed by atoms with Gasteiger partial charge in [0.2, 0.25) is 0 Å². The summed E-state index contributed by atoms with van der Waals surface area (Å²) in [5.74, 6) is 0.943. The van der Waals surface area contributed by atoms with Gasteiger partial charge in [-0.3, -0.25) is 9.30 Å². The summed E-state index contributed by atoms with van der Waals surface area (Å²) >= 11 is 1.71. The Morgan fingerprint density at radius 1 is 1.44 bits per heavy atom. The summed E-state index contributed by atoms with van der Waals surface area (Å²) in [6.45, 7) is 4.47. The van der Waals surface area contributed by atoms with Gasteiger partial charge >= 0.3 is 0 Å². The predicted octanol–water partition coefficient (Wildman–Crippen LogP) is 1.58. The topological polar surface area (TPSA) is 32.6 Å². The Morgan fingerprint density at radius 3 is 3.22 bits per heavy atom. The minimum absolute atomic E-state index is 0.725. The molecule has 96 valence electrons. The number of thiazole rings is 1. The van der Waals surface area contributed by atoms with Crippen molar-refractivity contribution >= 4 is 16.3 Å². The maximum absolute atomic E-state index is 4.67. The number of aromatic nitrogens is 2. The van der Waals surface area contributed by atoms with E-state index in [9.17, 15) is 0 Å². The van der Waals surface area contributed by atoms with Crippen LogP contribution in [-0.4, -0.2) is 40.0 Å².